The first-order valence-electron chi connectivity index (χ1n) is 8.01. The Morgan fingerprint density at radius 3 is 2.36 bits per heavy atom. The monoisotopic (exact) mass is 399 g/mol. The molecule has 28 heavy (non-hydrogen) atoms. The zero-order chi connectivity index (χ0) is 21.0. The maximum absolute atomic E-state index is 14.1. The Bertz CT molecular complexity index is 959. The van der Waals surface area contributed by atoms with Crippen LogP contribution in [0.1, 0.15) is 22.8 Å². The Morgan fingerprint density at radius 2 is 1.75 bits per heavy atom. The average molecular weight is 399 g/mol. The molecule has 1 atom stereocenters. The van der Waals surface area contributed by atoms with Crippen LogP contribution in [0, 0.1) is 41.9 Å². The SMILES string of the molecule is CCOC(=O)C(C=Nc1ccc(F)cc1F)C(=O)c1c(F)cc(F)c(F)c1C. The van der Waals surface area contributed by atoms with Crippen molar-refractivity contribution in [1.82, 2.24) is 0 Å². The van der Waals surface area contributed by atoms with E-state index in [4.69, 9.17) is 4.74 Å². The van der Waals surface area contributed by atoms with Gasteiger partial charge in [0.05, 0.1) is 17.9 Å². The van der Waals surface area contributed by atoms with Crippen molar-refractivity contribution < 1.29 is 36.3 Å². The van der Waals surface area contributed by atoms with E-state index in [1.165, 1.54) is 6.92 Å². The first-order chi connectivity index (χ1) is 13.2. The highest BCUT2D eigenvalue weighted by Gasteiger charge is 2.32. The number of ether oxygens (including phenoxy) is 1. The van der Waals surface area contributed by atoms with Crippen molar-refractivity contribution in [1.29, 1.82) is 0 Å². The molecule has 1 unspecified atom stereocenters. The second-order valence-corrected chi connectivity index (χ2v) is 5.62. The minimum Gasteiger partial charge on any atom is -0.465 e. The molecule has 0 radical (unpaired) electrons. The maximum atomic E-state index is 14.1. The van der Waals surface area contributed by atoms with Gasteiger partial charge in [-0.05, 0) is 26.0 Å². The van der Waals surface area contributed by atoms with Crippen LogP contribution in [0.4, 0.5) is 27.6 Å². The zero-order valence-electron chi connectivity index (χ0n) is 14.7. The van der Waals surface area contributed by atoms with Crippen LogP contribution in [0.3, 0.4) is 0 Å². The molecule has 2 aromatic rings. The summed E-state index contributed by atoms with van der Waals surface area (Å²) in [5.74, 6) is -10.5. The van der Waals surface area contributed by atoms with E-state index >= 15 is 0 Å². The number of ketones is 1. The van der Waals surface area contributed by atoms with Gasteiger partial charge in [0.1, 0.15) is 11.6 Å². The lowest BCUT2D eigenvalue weighted by Crippen LogP contribution is -2.29. The highest BCUT2D eigenvalue weighted by Crippen LogP contribution is 2.24. The van der Waals surface area contributed by atoms with Gasteiger partial charge in [-0.15, -0.1) is 0 Å². The van der Waals surface area contributed by atoms with Crippen molar-refractivity contribution in [3.63, 3.8) is 0 Å². The molecular formula is C19H14F5NO3. The summed E-state index contributed by atoms with van der Waals surface area (Å²) < 4.78 is 72.5. The van der Waals surface area contributed by atoms with Crippen molar-refractivity contribution in [2.45, 2.75) is 13.8 Å². The molecule has 148 valence electrons. The van der Waals surface area contributed by atoms with Crippen LogP contribution in [0.25, 0.3) is 0 Å². The number of rotatable bonds is 6. The predicted molar refractivity (Wildman–Crippen MR) is 90.0 cm³/mol. The Balaban J connectivity index is 2.49. The second kappa shape index (κ2) is 8.73. The van der Waals surface area contributed by atoms with E-state index in [1.54, 1.807) is 0 Å². The van der Waals surface area contributed by atoms with Crippen molar-refractivity contribution >= 4 is 23.7 Å². The lowest BCUT2D eigenvalue weighted by Gasteiger charge is -2.13. The summed E-state index contributed by atoms with van der Waals surface area (Å²) in [6.45, 7) is 2.27. The van der Waals surface area contributed by atoms with E-state index in [2.05, 4.69) is 4.99 Å². The summed E-state index contributed by atoms with van der Waals surface area (Å²) in [6, 6.07) is 2.56. The first kappa shape index (κ1) is 21.2. The molecule has 0 aliphatic heterocycles. The van der Waals surface area contributed by atoms with Gasteiger partial charge >= 0.3 is 5.97 Å². The van der Waals surface area contributed by atoms with E-state index in [1.807, 2.05) is 0 Å². The highest BCUT2D eigenvalue weighted by atomic mass is 19.2. The smallest absolute Gasteiger partial charge is 0.322 e. The van der Waals surface area contributed by atoms with Gasteiger partial charge in [0.15, 0.2) is 29.2 Å². The molecule has 0 saturated carbocycles. The van der Waals surface area contributed by atoms with Gasteiger partial charge in [-0.1, -0.05) is 0 Å². The van der Waals surface area contributed by atoms with Crippen molar-refractivity contribution in [3.8, 4) is 0 Å². The second-order valence-electron chi connectivity index (χ2n) is 5.62. The van der Waals surface area contributed by atoms with Gasteiger partial charge in [0, 0.05) is 23.9 Å². The minimum atomic E-state index is -1.86. The molecule has 2 rings (SSSR count). The Labute approximate surface area is 156 Å². The van der Waals surface area contributed by atoms with Gasteiger partial charge in [-0.2, -0.15) is 0 Å². The summed E-state index contributed by atoms with van der Waals surface area (Å²) in [5.41, 5.74) is -1.90. The van der Waals surface area contributed by atoms with Crippen LogP contribution in [0.2, 0.25) is 0 Å². The molecule has 0 aromatic heterocycles. The molecule has 0 aliphatic carbocycles. The Kier molecular flexibility index (Phi) is 6.61. The van der Waals surface area contributed by atoms with Crippen LogP contribution in [-0.2, 0) is 9.53 Å². The fraction of sp³-hybridized carbons (Fsp3) is 0.211. The fourth-order valence-corrected chi connectivity index (χ4v) is 2.38. The predicted octanol–water partition coefficient (Wildman–Crippen LogP) is 4.46. The highest BCUT2D eigenvalue weighted by molar-refractivity contribution is 6.19. The summed E-state index contributed by atoms with van der Waals surface area (Å²) in [7, 11) is 0. The van der Waals surface area contributed by atoms with Crippen molar-refractivity contribution in [2.75, 3.05) is 6.61 Å². The molecule has 4 nitrogen and oxygen atoms in total. The average Bonchev–Trinajstić information content (AvgIpc) is 2.62. The normalized spacial score (nSPS) is 12.2. The maximum Gasteiger partial charge on any atom is 0.322 e. The topological polar surface area (TPSA) is 55.7 Å². The van der Waals surface area contributed by atoms with Crippen LogP contribution >= 0.6 is 0 Å². The number of carbonyl (C=O) groups excluding carboxylic acids is 2. The van der Waals surface area contributed by atoms with Gasteiger partial charge in [0.2, 0.25) is 0 Å². The third-order valence-electron chi connectivity index (χ3n) is 3.75. The summed E-state index contributed by atoms with van der Waals surface area (Å²) in [4.78, 5) is 28.4. The number of hydrogen-bond donors (Lipinski definition) is 0. The number of Topliss-reactive ketones (excluding diaryl/α,β-unsaturated/α-hetero) is 1. The molecule has 0 saturated heterocycles. The lowest BCUT2D eigenvalue weighted by molar-refractivity contribution is -0.143. The Morgan fingerprint density at radius 1 is 1.07 bits per heavy atom. The van der Waals surface area contributed by atoms with Gasteiger partial charge in [-0.25, -0.2) is 22.0 Å². The van der Waals surface area contributed by atoms with Crippen molar-refractivity contribution in [3.05, 3.63) is 64.5 Å². The van der Waals surface area contributed by atoms with Crippen LogP contribution in [-0.4, -0.2) is 24.6 Å². The number of halogens is 5. The van der Waals surface area contributed by atoms with E-state index in [9.17, 15) is 31.5 Å². The summed E-state index contributed by atoms with van der Waals surface area (Å²) in [5, 5.41) is 0. The molecule has 0 fully saturated rings. The van der Waals surface area contributed by atoms with E-state index in [0.717, 1.165) is 19.1 Å². The van der Waals surface area contributed by atoms with Crippen LogP contribution in [0.5, 0.6) is 0 Å². The fourth-order valence-electron chi connectivity index (χ4n) is 2.38. The number of hydrogen-bond acceptors (Lipinski definition) is 4. The molecule has 0 amide bonds. The molecule has 0 N–H and O–H groups in total. The first-order valence-corrected chi connectivity index (χ1v) is 8.01. The van der Waals surface area contributed by atoms with E-state index < -0.39 is 63.6 Å². The number of benzene rings is 2. The lowest BCUT2D eigenvalue weighted by atomic mass is 9.94. The quantitative estimate of drug-likeness (QED) is 0.180. The third-order valence-corrected chi connectivity index (χ3v) is 3.75. The number of carbonyl (C=O) groups is 2. The largest absolute Gasteiger partial charge is 0.465 e. The molecule has 9 heteroatoms. The zero-order valence-corrected chi connectivity index (χ0v) is 14.7. The minimum absolute atomic E-state index is 0.138. The Hall–Kier alpha value is -3.10. The molecule has 0 spiro atoms. The number of aliphatic imine (C=N–C) groups is 1. The molecule has 0 aliphatic rings. The molecular weight excluding hydrogens is 385 g/mol. The van der Waals surface area contributed by atoms with E-state index in [0.29, 0.717) is 12.3 Å². The standard InChI is InChI=1S/C19H14F5NO3/c1-3-28-19(27)11(8-25-15-5-4-10(20)6-12(15)21)18(26)16-9(2)17(24)14(23)7-13(16)22/h4-8,11H,3H2,1-2H3. The molecule has 0 heterocycles. The third kappa shape index (κ3) is 4.41. The molecule has 2 aromatic carbocycles. The summed E-state index contributed by atoms with van der Waals surface area (Å²) in [6.07, 6.45) is 0.677. The van der Waals surface area contributed by atoms with Gasteiger partial charge in [-0.3, -0.25) is 14.6 Å². The van der Waals surface area contributed by atoms with Crippen molar-refractivity contribution in [2.24, 2.45) is 10.9 Å². The van der Waals surface area contributed by atoms with Gasteiger partial charge in [0.25, 0.3) is 0 Å². The number of esters is 1. The molecule has 0 bridgehead atoms. The number of nitrogens with zero attached hydrogens (tertiary/aromatic N) is 1. The van der Waals surface area contributed by atoms with Crippen LogP contribution < -0.4 is 0 Å². The van der Waals surface area contributed by atoms with Gasteiger partial charge < -0.3 is 4.74 Å². The van der Waals surface area contributed by atoms with Crippen LogP contribution in [0.15, 0.2) is 29.3 Å². The van der Waals surface area contributed by atoms with E-state index in [-0.39, 0.29) is 12.7 Å². The summed E-state index contributed by atoms with van der Waals surface area (Å²) >= 11 is 0.